The molecule has 2 amide bonds. The Morgan fingerprint density at radius 1 is 0.907 bits per heavy atom. The number of amides is 2. The summed E-state index contributed by atoms with van der Waals surface area (Å²) in [6, 6.07) is 19.0. The number of halogens is 6. The molecule has 0 unspecified atom stereocenters. The third-order valence-corrected chi connectivity index (χ3v) is 9.28. The number of aliphatic carboxylic acids is 1. The molecule has 0 aliphatic carbocycles. The van der Waals surface area contributed by atoms with Crippen molar-refractivity contribution in [3.63, 3.8) is 0 Å². The molecule has 0 radical (unpaired) electrons. The number of alkyl halides is 6. The molecule has 1 atom stereocenters. The number of rotatable bonds is 13. The van der Waals surface area contributed by atoms with E-state index in [2.05, 4.69) is 20.3 Å². The SMILES string of the molecule is COc1ccc2[nH]c(C)c(CC(=O)N[C@@H](CCCCCC(=O)NS(=O)(=O)C(F)(F)F)c3ncc(-c4ccc5ccccc5c4)[nH]3)c2c1.O=C(O)C(F)(F)F. The number of imidazole rings is 1. The first-order valence-electron chi connectivity index (χ1n) is 16.2. The number of H-pyrrole nitrogens is 2. The minimum Gasteiger partial charge on any atom is -0.497 e. The summed E-state index contributed by atoms with van der Waals surface area (Å²) in [6.07, 6.45) is -2.29. The van der Waals surface area contributed by atoms with Crippen LogP contribution in [0.3, 0.4) is 0 Å². The molecule has 5 rings (SSSR count). The van der Waals surface area contributed by atoms with Gasteiger partial charge in [-0.2, -0.15) is 34.8 Å². The molecule has 0 aliphatic rings. The molecule has 12 nitrogen and oxygen atoms in total. The van der Waals surface area contributed by atoms with Crippen molar-refractivity contribution in [2.45, 2.75) is 63.2 Å². The Hall–Kier alpha value is -5.59. The van der Waals surface area contributed by atoms with Gasteiger partial charge in [0.1, 0.15) is 11.6 Å². The molecule has 5 N–H and O–H groups in total. The average molecular weight is 784 g/mol. The quantitative estimate of drug-likeness (QED) is 0.0626. The maximum atomic E-state index is 13.5. The van der Waals surface area contributed by atoms with E-state index in [1.54, 1.807) is 13.3 Å². The number of sulfonamides is 1. The lowest BCUT2D eigenvalue weighted by atomic mass is 10.0. The van der Waals surface area contributed by atoms with Crippen molar-refractivity contribution in [1.82, 2.24) is 25.0 Å². The van der Waals surface area contributed by atoms with Crippen LogP contribution in [0.4, 0.5) is 26.3 Å². The minimum atomic E-state index is -5.75. The van der Waals surface area contributed by atoms with Crippen molar-refractivity contribution < 1.29 is 59.0 Å². The molecule has 2 heterocycles. The van der Waals surface area contributed by atoms with Gasteiger partial charge in [0, 0.05) is 28.6 Å². The zero-order valence-electron chi connectivity index (χ0n) is 28.7. The first-order chi connectivity index (χ1) is 25.3. The van der Waals surface area contributed by atoms with E-state index in [1.807, 2.05) is 67.6 Å². The van der Waals surface area contributed by atoms with Crippen LogP contribution in [0.2, 0.25) is 0 Å². The second-order valence-corrected chi connectivity index (χ2v) is 13.7. The number of nitrogens with zero attached hydrogens (tertiary/aromatic N) is 1. The van der Waals surface area contributed by atoms with E-state index < -0.39 is 46.0 Å². The van der Waals surface area contributed by atoms with Crippen molar-refractivity contribution in [2.24, 2.45) is 0 Å². The standard InChI is InChI=1S/C33H34F3N5O5S.C2HF3O2/c1-20-25(26-17-24(46-2)14-15-27(26)38-20)18-31(43)39-28(10-4-3-5-11-30(42)41-47(44,45)33(34,35)36)32-37-19-29(40-32)23-13-12-21-8-6-7-9-22(21)16-23;3-2(4,5)1(6)7/h6-9,12-17,19,28,38H,3-5,10-11,18H2,1-2H3,(H,37,40)(H,39,43)(H,41,42);(H,6,7)/t28-;/m0./s1. The van der Waals surface area contributed by atoms with Crippen LogP contribution in [0.25, 0.3) is 32.9 Å². The van der Waals surface area contributed by atoms with Crippen LogP contribution >= 0.6 is 0 Å². The molecule has 2 aromatic heterocycles. The molecule has 19 heteroatoms. The van der Waals surface area contributed by atoms with Crippen LogP contribution in [0.15, 0.2) is 66.9 Å². The molecule has 0 spiro atoms. The van der Waals surface area contributed by atoms with E-state index >= 15 is 0 Å². The van der Waals surface area contributed by atoms with Gasteiger partial charge < -0.3 is 25.1 Å². The van der Waals surface area contributed by atoms with Gasteiger partial charge in [0.15, 0.2) is 0 Å². The van der Waals surface area contributed by atoms with Crippen LogP contribution in [0.5, 0.6) is 5.75 Å². The van der Waals surface area contributed by atoms with Gasteiger partial charge in [-0.05, 0) is 60.4 Å². The van der Waals surface area contributed by atoms with Crippen molar-refractivity contribution in [2.75, 3.05) is 7.11 Å². The van der Waals surface area contributed by atoms with Crippen LogP contribution in [-0.2, 0) is 30.8 Å². The molecular formula is C35H35F6N5O7S. The molecule has 0 fully saturated rings. The van der Waals surface area contributed by atoms with E-state index in [-0.39, 0.29) is 18.7 Å². The maximum Gasteiger partial charge on any atom is 0.516 e. The Kier molecular flexibility index (Phi) is 13.0. The fourth-order valence-corrected chi connectivity index (χ4v) is 6.00. The third-order valence-electron chi connectivity index (χ3n) is 8.18. The van der Waals surface area contributed by atoms with Gasteiger partial charge in [-0.1, -0.05) is 49.2 Å². The molecule has 0 saturated carbocycles. The Morgan fingerprint density at radius 3 is 2.24 bits per heavy atom. The number of carboxylic acids is 1. The lowest BCUT2D eigenvalue weighted by Gasteiger charge is -2.17. The number of fused-ring (bicyclic) bond motifs is 2. The number of carboxylic acid groups (broad SMARTS) is 1. The molecule has 290 valence electrons. The normalized spacial score (nSPS) is 12.5. The number of aromatic amines is 2. The summed E-state index contributed by atoms with van der Waals surface area (Å²) < 4.78 is 98.2. The van der Waals surface area contributed by atoms with Crippen molar-refractivity contribution in [1.29, 1.82) is 0 Å². The first-order valence-corrected chi connectivity index (χ1v) is 17.7. The number of ether oxygens (including phenoxy) is 1. The number of nitrogens with one attached hydrogen (secondary N) is 4. The van der Waals surface area contributed by atoms with E-state index in [1.165, 1.54) is 0 Å². The fourth-order valence-electron chi connectivity index (χ4n) is 5.49. The van der Waals surface area contributed by atoms with E-state index in [9.17, 15) is 44.3 Å². The maximum absolute atomic E-state index is 13.5. The summed E-state index contributed by atoms with van der Waals surface area (Å²) in [6.45, 7) is 1.89. The molecule has 0 aliphatic heterocycles. The number of aryl methyl sites for hydroxylation is 1. The van der Waals surface area contributed by atoms with Gasteiger partial charge >= 0.3 is 27.7 Å². The molecular weight excluding hydrogens is 748 g/mol. The van der Waals surface area contributed by atoms with Crippen molar-refractivity contribution in [3.8, 4) is 17.0 Å². The highest BCUT2D eigenvalue weighted by atomic mass is 32.2. The number of carbonyl (C=O) groups is 3. The van der Waals surface area contributed by atoms with E-state index in [0.29, 0.717) is 30.8 Å². The molecule has 3 aromatic carbocycles. The number of hydrogen-bond donors (Lipinski definition) is 5. The largest absolute Gasteiger partial charge is 0.516 e. The van der Waals surface area contributed by atoms with Crippen molar-refractivity contribution >= 4 is 49.5 Å². The number of benzene rings is 3. The summed E-state index contributed by atoms with van der Waals surface area (Å²) >= 11 is 0. The third kappa shape index (κ3) is 10.7. The summed E-state index contributed by atoms with van der Waals surface area (Å²) in [5.41, 5.74) is -1.35. The van der Waals surface area contributed by atoms with Crippen LogP contribution < -0.4 is 14.8 Å². The summed E-state index contributed by atoms with van der Waals surface area (Å²) in [4.78, 5) is 45.4. The number of unbranched alkanes of at least 4 members (excludes halogenated alkanes) is 2. The minimum absolute atomic E-state index is 0.0849. The van der Waals surface area contributed by atoms with E-state index in [4.69, 9.17) is 14.6 Å². The van der Waals surface area contributed by atoms with Crippen molar-refractivity contribution in [3.05, 3.63) is 83.9 Å². The predicted molar refractivity (Wildman–Crippen MR) is 186 cm³/mol. The Morgan fingerprint density at radius 2 is 1.59 bits per heavy atom. The van der Waals surface area contributed by atoms with Gasteiger partial charge in [-0.25, -0.2) is 14.5 Å². The number of carbonyl (C=O) groups excluding carboxylic acids is 2. The summed E-state index contributed by atoms with van der Waals surface area (Å²) in [7, 11) is -4.17. The summed E-state index contributed by atoms with van der Waals surface area (Å²) in [5, 5.41) is 13.2. The summed E-state index contributed by atoms with van der Waals surface area (Å²) in [5.74, 6) is -3.05. The van der Waals surface area contributed by atoms with Crippen LogP contribution in [0, 0.1) is 6.92 Å². The van der Waals surface area contributed by atoms with Gasteiger partial charge in [0.2, 0.25) is 11.8 Å². The highest BCUT2D eigenvalue weighted by molar-refractivity contribution is 7.90. The lowest BCUT2D eigenvalue weighted by molar-refractivity contribution is -0.192. The average Bonchev–Trinajstić information content (AvgIpc) is 3.71. The molecule has 0 saturated heterocycles. The smallest absolute Gasteiger partial charge is 0.497 e. The lowest BCUT2D eigenvalue weighted by Crippen LogP contribution is -2.40. The second kappa shape index (κ2) is 17.0. The van der Waals surface area contributed by atoms with Gasteiger partial charge in [-0.3, -0.25) is 9.59 Å². The van der Waals surface area contributed by atoms with Gasteiger partial charge in [0.05, 0.1) is 31.5 Å². The topological polar surface area (TPSA) is 183 Å². The Bertz CT molecular complexity index is 2230. The van der Waals surface area contributed by atoms with E-state index in [0.717, 1.165) is 48.9 Å². The van der Waals surface area contributed by atoms with Gasteiger partial charge in [-0.15, -0.1) is 0 Å². The second-order valence-electron chi connectivity index (χ2n) is 12.1. The Balaban J connectivity index is 0.000000845. The van der Waals surface area contributed by atoms with Gasteiger partial charge in [0.25, 0.3) is 0 Å². The zero-order valence-corrected chi connectivity index (χ0v) is 29.5. The van der Waals surface area contributed by atoms with Crippen LogP contribution in [0.1, 0.15) is 55.2 Å². The number of methoxy groups -OCH3 is 1. The molecule has 5 aromatic rings. The Labute approximate surface area is 304 Å². The highest BCUT2D eigenvalue weighted by Gasteiger charge is 2.46. The highest BCUT2D eigenvalue weighted by Crippen LogP contribution is 2.29. The zero-order chi connectivity index (χ0) is 39.8. The fraction of sp³-hybridized carbons (Fsp3) is 0.314. The molecule has 0 bridgehead atoms. The predicted octanol–water partition coefficient (Wildman–Crippen LogP) is 6.98. The number of aromatic nitrogens is 3. The number of hydrogen-bond acceptors (Lipinski definition) is 7. The monoisotopic (exact) mass is 783 g/mol. The van der Waals surface area contributed by atoms with Crippen LogP contribution in [-0.4, -0.2) is 65.1 Å². The first kappa shape index (κ1) is 41.2. The molecule has 54 heavy (non-hydrogen) atoms.